The van der Waals surface area contributed by atoms with Crippen molar-refractivity contribution in [2.75, 3.05) is 0 Å². The first kappa shape index (κ1) is 16.4. The maximum atomic E-state index is 11.0. The number of pyridine rings is 1. The molecular weight excluding hydrogens is 348 g/mol. The molecule has 0 atom stereocenters. The van der Waals surface area contributed by atoms with Crippen molar-refractivity contribution in [3.05, 3.63) is 77.0 Å². The lowest BCUT2D eigenvalue weighted by atomic mass is 10.3. The van der Waals surface area contributed by atoms with Crippen molar-refractivity contribution < 1.29 is 4.92 Å². The number of rotatable bonds is 5. The standard InChI is InChI=1S/C17H12N8O2/c26-25(27)14-3-1-2-13(8-14)24-17-15(10-22-24)16(19-11-20-17)23-21-9-12-4-6-18-7-5-12/h1-8,10-11H,9H2. The van der Waals surface area contributed by atoms with E-state index in [-0.39, 0.29) is 5.69 Å². The number of nitrogens with zero attached hydrogens (tertiary/aromatic N) is 8. The summed E-state index contributed by atoms with van der Waals surface area (Å²) in [5, 5.41) is 24.2. The molecule has 0 bridgehead atoms. The van der Waals surface area contributed by atoms with Crippen molar-refractivity contribution in [1.29, 1.82) is 0 Å². The number of aromatic nitrogens is 5. The van der Waals surface area contributed by atoms with Gasteiger partial charge in [0.2, 0.25) is 0 Å². The monoisotopic (exact) mass is 360 g/mol. The second-order valence-corrected chi connectivity index (χ2v) is 5.52. The molecule has 0 radical (unpaired) electrons. The normalized spacial score (nSPS) is 11.3. The van der Waals surface area contributed by atoms with Crippen LogP contribution in [-0.4, -0.2) is 29.7 Å². The summed E-state index contributed by atoms with van der Waals surface area (Å²) in [7, 11) is 0. The minimum atomic E-state index is -0.455. The molecule has 0 saturated carbocycles. The molecule has 0 aliphatic heterocycles. The van der Waals surface area contributed by atoms with Crippen LogP contribution in [0.3, 0.4) is 0 Å². The van der Waals surface area contributed by atoms with Crippen LogP contribution in [0.2, 0.25) is 0 Å². The van der Waals surface area contributed by atoms with Gasteiger partial charge in [0.25, 0.3) is 5.69 Å². The highest BCUT2D eigenvalue weighted by molar-refractivity contribution is 5.85. The lowest BCUT2D eigenvalue weighted by Gasteiger charge is -2.02. The molecule has 4 rings (SSSR count). The first-order valence-corrected chi connectivity index (χ1v) is 7.92. The highest BCUT2D eigenvalue weighted by atomic mass is 16.6. The van der Waals surface area contributed by atoms with Crippen LogP contribution < -0.4 is 0 Å². The molecule has 10 heteroatoms. The van der Waals surface area contributed by atoms with Gasteiger partial charge in [0.05, 0.1) is 28.7 Å². The van der Waals surface area contributed by atoms with Gasteiger partial charge in [-0.05, 0) is 23.8 Å². The largest absolute Gasteiger partial charge is 0.271 e. The number of azo groups is 1. The summed E-state index contributed by atoms with van der Waals surface area (Å²) in [4.78, 5) is 22.9. The summed E-state index contributed by atoms with van der Waals surface area (Å²) in [5.41, 5.74) is 1.97. The molecule has 132 valence electrons. The van der Waals surface area contributed by atoms with E-state index in [2.05, 4.69) is 30.3 Å². The van der Waals surface area contributed by atoms with Gasteiger partial charge < -0.3 is 0 Å². The number of fused-ring (bicyclic) bond motifs is 1. The van der Waals surface area contributed by atoms with Crippen LogP contribution in [0.4, 0.5) is 11.5 Å². The zero-order valence-electron chi connectivity index (χ0n) is 13.9. The summed E-state index contributed by atoms with van der Waals surface area (Å²) >= 11 is 0. The van der Waals surface area contributed by atoms with Crippen molar-refractivity contribution in [2.45, 2.75) is 6.54 Å². The summed E-state index contributed by atoms with van der Waals surface area (Å²) in [6, 6.07) is 9.87. The number of non-ortho nitro benzene ring substituents is 1. The third-order valence-electron chi connectivity index (χ3n) is 3.80. The zero-order chi connectivity index (χ0) is 18.6. The fourth-order valence-corrected chi connectivity index (χ4v) is 2.51. The Morgan fingerprint density at radius 3 is 2.81 bits per heavy atom. The predicted molar refractivity (Wildman–Crippen MR) is 95.8 cm³/mol. The Morgan fingerprint density at radius 2 is 2.00 bits per heavy atom. The Balaban J connectivity index is 1.68. The Hall–Kier alpha value is -4.08. The summed E-state index contributed by atoms with van der Waals surface area (Å²) in [6.45, 7) is 0.396. The number of nitro benzene ring substituents is 1. The fraction of sp³-hybridized carbons (Fsp3) is 0.0588. The van der Waals surface area contributed by atoms with Gasteiger partial charge in [-0.15, -0.1) is 5.11 Å². The highest BCUT2D eigenvalue weighted by Crippen LogP contribution is 2.25. The van der Waals surface area contributed by atoms with E-state index >= 15 is 0 Å². The average Bonchev–Trinajstić information content (AvgIpc) is 3.14. The second kappa shape index (κ2) is 7.04. The second-order valence-electron chi connectivity index (χ2n) is 5.52. The number of hydrogen-bond acceptors (Lipinski definition) is 8. The molecule has 0 fully saturated rings. The average molecular weight is 360 g/mol. The van der Waals surface area contributed by atoms with Crippen LogP contribution >= 0.6 is 0 Å². The molecule has 0 aliphatic carbocycles. The lowest BCUT2D eigenvalue weighted by Crippen LogP contribution is -1.99. The molecule has 3 heterocycles. The fourth-order valence-electron chi connectivity index (χ4n) is 2.51. The summed E-state index contributed by atoms with van der Waals surface area (Å²) in [5.74, 6) is 0.380. The van der Waals surface area contributed by atoms with Gasteiger partial charge in [-0.3, -0.25) is 15.1 Å². The molecule has 27 heavy (non-hydrogen) atoms. The summed E-state index contributed by atoms with van der Waals surface area (Å²) in [6.07, 6.45) is 6.31. The SMILES string of the molecule is O=[N+]([O-])c1cccc(-n2ncc3c(N=NCc4ccncc4)ncnc32)c1. The molecule has 0 amide bonds. The highest BCUT2D eigenvalue weighted by Gasteiger charge is 2.13. The summed E-state index contributed by atoms with van der Waals surface area (Å²) < 4.78 is 1.51. The van der Waals surface area contributed by atoms with Crippen molar-refractivity contribution >= 4 is 22.5 Å². The molecule has 0 N–H and O–H groups in total. The van der Waals surface area contributed by atoms with Crippen molar-refractivity contribution in [3.63, 3.8) is 0 Å². The Labute approximate surface area is 152 Å². The van der Waals surface area contributed by atoms with Crippen LogP contribution in [0.1, 0.15) is 5.56 Å². The number of hydrogen-bond donors (Lipinski definition) is 0. The third-order valence-corrected chi connectivity index (χ3v) is 3.80. The topological polar surface area (TPSA) is 124 Å². The number of nitro groups is 1. The van der Waals surface area contributed by atoms with Gasteiger partial charge in [0, 0.05) is 24.5 Å². The Kier molecular flexibility index (Phi) is 4.27. The smallest absolute Gasteiger partial charge is 0.265 e. The first-order valence-electron chi connectivity index (χ1n) is 7.92. The van der Waals surface area contributed by atoms with E-state index < -0.39 is 4.92 Å². The number of benzene rings is 1. The molecular formula is C17H12N8O2. The first-order chi connectivity index (χ1) is 13.2. The van der Waals surface area contributed by atoms with Gasteiger partial charge in [-0.2, -0.15) is 10.2 Å². The Morgan fingerprint density at radius 1 is 1.15 bits per heavy atom. The van der Waals surface area contributed by atoms with Gasteiger partial charge in [0.1, 0.15) is 6.33 Å². The van der Waals surface area contributed by atoms with E-state index in [0.29, 0.717) is 29.1 Å². The van der Waals surface area contributed by atoms with Crippen LogP contribution in [0, 0.1) is 10.1 Å². The molecule has 0 aliphatic rings. The van der Waals surface area contributed by atoms with Crippen LogP contribution in [0.5, 0.6) is 0 Å². The van der Waals surface area contributed by atoms with Crippen LogP contribution in [-0.2, 0) is 6.54 Å². The quantitative estimate of drug-likeness (QED) is 0.305. The van der Waals surface area contributed by atoms with Crippen LogP contribution in [0.25, 0.3) is 16.7 Å². The van der Waals surface area contributed by atoms with Gasteiger partial charge >= 0.3 is 0 Å². The van der Waals surface area contributed by atoms with Crippen molar-refractivity contribution in [1.82, 2.24) is 24.7 Å². The molecule has 3 aromatic heterocycles. The molecule has 0 unspecified atom stereocenters. The van der Waals surface area contributed by atoms with Gasteiger partial charge in [-0.25, -0.2) is 14.6 Å². The third kappa shape index (κ3) is 3.35. The van der Waals surface area contributed by atoms with E-state index in [9.17, 15) is 10.1 Å². The van der Waals surface area contributed by atoms with Crippen molar-refractivity contribution in [2.24, 2.45) is 10.2 Å². The van der Waals surface area contributed by atoms with E-state index in [1.807, 2.05) is 12.1 Å². The van der Waals surface area contributed by atoms with Crippen LogP contribution in [0.15, 0.2) is 71.5 Å². The molecule has 0 saturated heterocycles. The molecule has 4 aromatic rings. The Bertz CT molecular complexity index is 1140. The van der Waals surface area contributed by atoms with E-state index in [4.69, 9.17) is 0 Å². The molecule has 0 spiro atoms. The minimum Gasteiger partial charge on any atom is -0.265 e. The maximum absolute atomic E-state index is 11.0. The van der Waals surface area contributed by atoms with Crippen molar-refractivity contribution in [3.8, 4) is 5.69 Å². The maximum Gasteiger partial charge on any atom is 0.271 e. The predicted octanol–water partition coefficient (Wildman–Crippen LogP) is 3.40. The van der Waals surface area contributed by atoms with Gasteiger partial charge in [0.15, 0.2) is 11.5 Å². The van der Waals surface area contributed by atoms with Gasteiger partial charge in [-0.1, -0.05) is 6.07 Å². The molecule has 10 nitrogen and oxygen atoms in total. The minimum absolute atomic E-state index is 0.0255. The lowest BCUT2D eigenvalue weighted by molar-refractivity contribution is -0.384. The zero-order valence-corrected chi connectivity index (χ0v) is 13.9. The van der Waals surface area contributed by atoms with E-state index in [1.165, 1.54) is 23.1 Å². The van der Waals surface area contributed by atoms with E-state index in [0.717, 1.165) is 5.56 Å². The molecule has 1 aromatic carbocycles. The van der Waals surface area contributed by atoms with E-state index in [1.54, 1.807) is 30.7 Å².